The Morgan fingerprint density at radius 3 is 3.05 bits per heavy atom. The summed E-state index contributed by atoms with van der Waals surface area (Å²) in [7, 11) is 1.87. The number of thiophene rings is 1. The van der Waals surface area contributed by atoms with E-state index in [1.807, 2.05) is 19.2 Å². The molecule has 0 aliphatic heterocycles. The van der Waals surface area contributed by atoms with Crippen molar-refractivity contribution in [1.29, 1.82) is 0 Å². The molecule has 0 aliphatic rings. The molecule has 0 aromatic carbocycles. The molecule has 0 fully saturated rings. The highest BCUT2D eigenvalue weighted by Crippen LogP contribution is 2.25. The molecule has 1 atom stereocenters. The van der Waals surface area contributed by atoms with Crippen LogP contribution in [0.3, 0.4) is 0 Å². The number of nitrogens with zero attached hydrogens (tertiary/aromatic N) is 4. The summed E-state index contributed by atoms with van der Waals surface area (Å²) in [6, 6.07) is 6.00. The molecule has 0 saturated carbocycles. The summed E-state index contributed by atoms with van der Waals surface area (Å²) in [4.78, 5) is 9.77. The normalized spacial score (nSPS) is 12.9. The lowest BCUT2D eigenvalue weighted by molar-refractivity contribution is 0.544. The fourth-order valence-corrected chi connectivity index (χ4v) is 3.04. The molecule has 1 unspecified atom stereocenters. The molecule has 0 saturated heterocycles. The predicted octanol–water partition coefficient (Wildman–Crippen LogP) is 2.93. The van der Waals surface area contributed by atoms with E-state index in [0.717, 1.165) is 22.6 Å². The first-order chi connectivity index (χ1) is 9.61. The zero-order valence-electron chi connectivity index (χ0n) is 11.2. The van der Waals surface area contributed by atoms with Gasteiger partial charge in [0.2, 0.25) is 0 Å². The monoisotopic (exact) mass is 307 g/mol. The van der Waals surface area contributed by atoms with E-state index in [1.54, 1.807) is 22.3 Å². The molecule has 0 aliphatic carbocycles. The van der Waals surface area contributed by atoms with Crippen molar-refractivity contribution >= 4 is 33.2 Å². The van der Waals surface area contributed by atoms with Gasteiger partial charge in [0, 0.05) is 18.5 Å². The van der Waals surface area contributed by atoms with Crippen LogP contribution >= 0.6 is 22.9 Å². The number of aromatic nitrogens is 4. The summed E-state index contributed by atoms with van der Waals surface area (Å²) in [5.74, 6) is 0.801. The molecule has 0 spiro atoms. The van der Waals surface area contributed by atoms with Crippen LogP contribution in [0.5, 0.6) is 0 Å². The zero-order valence-corrected chi connectivity index (χ0v) is 12.7. The number of pyridine rings is 1. The van der Waals surface area contributed by atoms with Crippen LogP contribution in [0, 0.1) is 0 Å². The van der Waals surface area contributed by atoms with Gasteiger partial charge in [-0.25, -0.2) is 9.97 Å². The first-order valence-electron chi connectivity index (χ1n) is 6.26. The summed E-state index contributed by atoms with van der Waals surface area (Å²) in [5.41, 5.74) is 0.947. The van der Waals surface area contributed by atoms with Crippen LogP contribution in [0.15, 0.2) is 24.5 Å². The number of halogens is 1. The van der Waals surface area contributed by atoms with Crippen molar-refractivity contribution in [2.75, 3.05) is 0 Å². The molecular weight excluding hydrogens is 294 g/mol. The second-order valence-electron chi connectivity index (χ2n) is 4.61. The van der Waals surface area contributed by atoms with E-state index in [0.29, 0.717) is 5.15 Å². The molecule has 3 aromatic heterocycles. The van der Waals surface area contributed by atoms with E-state index >= 15 is 0 Å². The summed E-state index contributed by atoms with van der Waals surface area (Å²) in [6.07, 6.45) is 1.71. The Kier molecular flexibility index (Phi) is 3.69. The average molecular weight is 308 g/mol. The molecule has 0 amide bonds. The Labute approximate surface area is 125 Å². The maximum absolute atomic E-state index is 5.90. The molecule has 3 rings (SSSR count). The minimum Gasteiger partial charge on any atom is -0.303 e. The fourth-order valence-electron chi connectivity index (χ4n) is 1.94. The minimum atomic E-state index is 0.109. The molecule has 3 heterocycles. The van der Waals surface area contributed by atoms with Crippen molar-refractivity contribution in [3.63, 3.8) is 0 Å². The predicted molar refractivity (Wildman–Crippen MR) is 80.9 cm³/mol. The van der Waals surface area contributed by atoms with Crippen LogP contribution in [0.25, 0.3) is 10.2 Å². The van der Waals surface area contributed by atoms with Crippen molar-refractivity contribution in [3.05, 3.63) is 40.4 Å². The van der Waals surface area contributed by atoms with Gasteiger partial charge in [-0.05, 0) is 25.1 Å². The van der Waals surface area contributed by atoms with Gasteiger partial charge >= 0.3 is 0 Å². The Hall–Kier alpha value is -1.50. The van der Waals surface area contributed by atoms with Gasteiger partial charge in [0.1, 0.15) is 11.5 Å². The van der Waals surface area contributed by atoms with Crippen molar-refractivity contribution in [1.82, 2.24) is 25.1 Å². The Bertz CT molecular complexity index is 735. The van der Waals surface area contributed by atoms with Crippen LogP contribution in [-0.4, -0.2) is 19.7 Å². The van der Waals surface area contributed by atoms with Crippen molar-refractivity contribution < 1.29 is 0 Å². The van der Waals surface area contributed by atoms with Gasteiger partial charge in [-0.1, -0.05) is 11.6 Å². The zero-order chi connectivity index (χ0) is 14.1. The smallest absolute Gasteiger partial charge is 0.167 e. The van der Waals surface area contributed by atoms with Gasteiger partial charge < -0.3 is 5.32 Å². The second kappa shape index (κ2) is 5.47. The third kappa shape index (κ3) is 2.82. The summed E-state index contributed by atoms with van der Waals surface area (Å²) in [5, 5.41) is 8.24. The lowest BCUT2D eigenvalue weighted by Gasteiger charge is -2.08. The third-order valence-corrected chi connectivity index (χ3v) is 4.28. The third-order valence-electron chi connectivity index (χ3n) is 2.98. The van der Waals surface area contributed by atoms with Crippen molar-refractivity contribution in [2.45, 2.75) is 19.5 Å². The van der Waals surface area contributed by atoms with E-state index in [2.05, 4.69) is 33.4 Å². The van der Waals surface area contributed by atoms with Gasteiger partial charge in [0.05, 0.1) is 16.3 Å². The Morgan fingerprint density at radius 2 is 2.30 bits per heavy atom. The maximum atomic E-state index is 5.90. The highest BCUT2D eigenvalue weighted by molar-refractivity contribution is 7.19. The number of hydrogen-bond donors (Lipinski definition) is 1. The lowest BCUT2D eigenvalue weighted by atomic mass is 10.3. The topological polar surface area (TPSA) is 55.6 Å². The number of hydrogen-bond acceptors (Lipinski definition) is 5. The SMILES string of the molecule is CC(NCc1cc2nc(Cl)ccc2s1)c1ncn(C)n1. The molecule has 1 N–H and O–H groups in total. The molecule has 5 nitrogen and oxygen atoms in total. The van der Waals surface area contributed by atoms with Crippen LogP contribution in [0.2, 0.25) is 5.15 Å². The van der Waals surface area contributed by atoms with Crippen LogP contribution in [0.4, 0.5) is 0 Å². The van der Waals surface area contributed by atoms with E-state index in [-0.39, 0.29) is 6.04 Å². The summed E-state index contributed by atoms with van der Waals surface area (Å²) >= 11 is 7.62. The lowest BCUT2D eigenvalue weighted by Crippen LogP contribution is -2.18. The van der Waals surface area contributed by atoms with Gasteiger partial charge in [-0.2, -0.15) is 5.10 Å². The first kappa shape index (κ1) is 13.5. The highest BCUT2D eigenvalue weighted by atomic mass is 35.5. The van der Waals surface area contributed by atoms with Crippen LogP contribution in [0.1, 0.15) is 23.7 Å². The molecule has 3 aromatic rings. The number of fused-ring (bicyclic) bond motifs is 1. The summed E-state index contributed by atoms with van der Waals surface area (Å²) < 4.78 is 2.86. The van der Waals surface area contributed by atoms with E-state index in [9.17, 15) is 0 Å². The van der Waals surface area contributed by atoms with Gasteiger partial charge in [0.25, 0.3) is 0 Å². The maximum Gasteiger partial charge on any atom is 0.167 e. The average Bonchev–Trinajstić information content (AvgIpc) is 3.01. The largest absolute Gasteiger partial charge is 0.303 e. The quantitative estimate of drug-likeness (QED) is 0.753. The fraction of sp³-hybridized carbons (Fsp3) is 0.308. The Balaban J connectivity index is 1.70. The van der Waals surface area contributed by atoms with Gasteiger partial charge in [-0.3, -0.25) is 4.68 Å². The number of nitrogens with one attached hydrogen (secondary N) is 1. The van der Waals surface area contributed by atoms with Crippen molar-refractivity contribution in [2.24, 2.45) is 7.05 Å². The van der Waals surface area contributed by atoms with Crippen LogP contribution in [-0.2, 0) is 13.6 Å². The Morgan fingerprint density at radius 1 is 1.45 bits per heavy atom. The van der Waals surface area contributed by atoms with E-state index in [1.165, 1.54) is 4.88 Å². The highest BCUT2D eigenvalue weighted by Gasteiger charge is 2.10. The van der Waals surface area contributed by atoms with Crippen molar-refractivity contribution in [3.8, 4) is 0 Å². The molecular formula is C13H14ClN5S. The molecule has 104 valence electrons. The molecule has 0 bridgehead atoms. The first-order valence-corrected chi connectivity index (χ1v) is 7.45. The van der Waals surface area contributed by atoms with E-state index in [4.69, 9.17) is 11.6 Å². The minimum absolute atomic E-state index is 0.109. The second-order valence-corrected chi connectivity index (χ2v) is 6.16. The van der Waals surface area contributed by atoms with Gasteiger partial charge in [-0.15, -0.1) is 11.3 Å². The number of rotatable bonds is 4. The number of aryl methyl sites for hydroxylation is 1. The van der Waals surface area contributed by atoms with Crippen LogP contribution < -0.4 is 5.32 Å². The molecule has 7 heteroatoms. The molecule has 20 heavy (non-hydrogen) atoms. The van der Waals surface area contributed by atoms with E-state index < -0.39 is 0 Å². The molecule has 0 radical (unpaired) electrons. The van der Waals surface area contributed by atoms with Gasteiger partial charge in [0.15, 0.2) is 5.82 Å². The standard InChI is InChI=1S/C13H14ClN5S/c1-8(13-16-7-19(2)18-13)15-6-9-5-10-11(20-9)3-4-12(14)17-10/h3-5,7-8,15H,6H2,1-2H3. The summed E-state index contributed by atoms with van der Waals surface area (Å²) in [6.45, 7) is 2.82.